The van der Waals surface area contributed by atoms with Gasteiger partial charge < -0.3 is 10.7 Å². The minimum Gasteiger partial charge on any atom is -0.349 e. The maximum Gasteiger partial charge on any atom is 0.0928 e. The molecule has 0 amide bonds. The fraction of sp³-hybridized carbons (Fsp3) is 0.111. The molecule has 1 aromatic rings. The van der Waals surface area contributed by atoms with Crippen molar-refractivity contribution in [2.75, 3.05) is 5.32 Å². The van der Waals surface area contributed by atoms with Crippen LogP contribution >= 0.6 is 12.2 Å². The monoisotopic (exact) mass is 176 g/mol. The summed E-state index contributed by atoms with van der Waals surface area (Å²) in [5, 5.41) is 10.3. The highest BCUT2D eigenvalue weighted by molar-refractivity contribution is 7.80. The van der Waals surface area contributed by atoms with Crippen LogP contribution in [0.5, 0.6) is 0 Å². The van der Waals surface area contributed by atoms with Crippen LogP contribution in [0.3, 0.4) is 0 Å². The van der Waals surface area contributed by atoms with E-state index in [1.54, 1.807) is 0 Å². The van der Waals surface area contributed by atoms with E-state index in [1.165, 1.54) is 6.21 Å². The lowest BCUT2D eigenvalue weighted by molar-refractivity contribution is 1.28. The van der Waals surface area contributed by atoms with Gasteiger partial charge in [0.05, 0.1) is 10.9 Å². The zero-order valence-corrected chi connectivity index (χ0v) is 7.19. The molecule has 0 fully saturated rings. The quantitative estimate of drug-likeness (QED) is 0.508. The van der Waals surface area contributed by atoms with E-state index in [1.807, 2.05) is 24.3 Å². The first-order valence-electron chi connectivity index (χ1n) is 3.73. The number of nitrogens with one attached hydrogen (secondary N) is 2. The molecule has 1 aliphatic rings. The molecule has 2 rings (SSSR count). The average Bonchev–Trinajstić information content (AvgIpc) is 2.40. The Morgan fingerprint density at radius 3 is 2.92 bits per heavy atom. The van der Waals surface area contributed by atoms with Crippen molar-refractivity contribution < 1.29 is 0 Å². The van der Waals surface area contributed by atoms with E-state index < -0.39 is 0 Å². The fourth-order valence-electron chi connectivity index (χ4n) is 1.40. The van der Waals surface area contributed by atoms with Crippen LogP contribution in [0.4, 0.5) is 5.69 Å². The van der Waals surface area contributed by atoms with Gasteiger partial charge in [0.2, 0.25) is 0 Å². The van der Waals surface area contributed by atoms with Crippen molar-refractivity contribution in [1.82, 2.24) is 0 Å². The van der Waals surface area contributed by atoms with Gasteiger partial charge in [-0.15, -0.1) is 0 Å². The van der Waals surface area contributed by atoms with Gasteiger partial charge in [-0.2, -0.15) is 0 Å². The van der Waals surface area contributed by atoms with Gasteiger partial charge in [-0.25, -0.2) is 0 Å². The van der Waals surface area contributed by atoms with E-state index in [0.717, 1.165) is 16.2 Å². The second kappa shape index (κ2) is 2.68. The van der Waals surface area contributed by atoms with Crippen LogP contribution in [0.1, 0.15) is 11.5 Å². The first-order chi connectivity index (χ1) is 5.83. The maximum atomic E-state index is 7.21. The summed E-state index contributed by atoms with van der Waals surface area (Å²) in [6, 6.07) is 7.90. The van der Waals surface area contributed by atoms with Gasteiger partial charge in [-0.1, -0.05) is 30.4 Å². The third-order valence-electron chi connectivity index (χ3n) is 2.00. The summed E-state index contributed by atoms with van der Waals surface area (Å²) < 4.78 is 0. The van der Waals surface area contributed by atoms with Gasteiger partial charge in [0.15, 0.2) is 0 Å². The minimum absolute atomic E-state index is 0.0174. The van der Waals surface area contributed by atoms with Gasteiger partial charge in [-0.05, 0) is 11.6 Å². The van der Waals surface area contributed by atoms with E-state index in [0.29, 0.717) is 0 Å². The predicted octanol–water partition coefficient (Wildman–Crippen LogP) is 2.17. The van der Waals surface area contributed by atoms with E-state index in [4.69, 9.17) is 17.6 Å². The van der Waals surface area contributed by atoms with Gasteiger partial charge in [0, 0.05) is 11.9 Å². The zero-order chi connectivity index (χ0) is 8.55. The van der Waals surface area contributed by atoms with Gasteiger partial charge in [-0.3, -0.25) is 0 Å². The second-order valence-corrected chi connectivity index (χ2v) is 3.16. The molecule has 0 bridgehead atoms. The number of hydrogen-bond acceptors (Lipinski definition) is 2. The smallest absolute Gasteiger partial charge is 0.0928 e. The molecule has 0 aliphatic carbocycles. The second-order valence-electron chi connectivity index (χ2n) is 2.72. The lowest BCUT2D eigenvalue weighted by Crippen LogP contribution is -2.09. The van der Waals surface area contributed by atoms with Crippen LogP contribution in [0.2, 0.25) is 0 Å². The zero-order valence-electron chi connectivity index (χ0n) is 6.37. The molecule has 1 aromatic carbocycles. The van der Waals surface area contributed by atoms with Gasteiger partial charge in [0.25, 0.3) is 0 Å². The first-order valence-corrected chi connectivity index (χ1v) is 4.14. The number of hydrogen-bond donors (Lipinski definition) is 2. The molecule has 0 aromatic heterocycles. The molecule has 1 unspecified atom stereocenters. The molecule has 0 saturated carbocycles. The van der Waals surface area contributed by atoms with Crippen molar-refractivity contribution in [3.8, 4) is 0 Å². The Morgan fingerprint density at radius 1 is 1.42 bits per heavy atom. The van der Waals surface area contributed by atoms with E-state index in [9.17, 15) is 0 Å². The molecular weight excluding hydrogens is 168 g/mol. The topological polar surface area (TPSA) is 35.9 Å². The number of para-hydroxylation sites is 1. The highest BCUT2D eigenvalue weighted by atomic mass is 32.1. The number of anilines is 1. The molecule has 2 N–H and O–H groups in total. The van der Waals surface area contributed by atoms with Crippen LogP contribution < -0.4 is 5.32 Å². The first kappa shape index (κ1) is 7.43. The summed E-state index contributed by atoms with van der Waals surface area (Å²) in [4.78, 5) is 0.728. The van der Waals surface area contributed by atoms with Gasteiger partial charge >= 0.3 is 0 Å². The number of thiocarbonyl (C=S) groups is 1. The van der Waals surface area contributed by atoms with Crippen molar-refractivity contribution in [3.05, 3.63) is 29.8 Å². The fourth-order valence-corrected chi connectivity index (χ4v) is 1.70. The van der Waals surface area contributed by atoms with Crippen LogP contribution in [0.15, 0.2) is 24.3 Å². The Balaban J connectivity index is 2.54. The molecule has 12 heavy (non-hydrogen) atoms. The van der Waals surface area contributed by atoms with Gasteiger partial charge in [0.1, 0.15) is 0 Å². The molecular formula is C9H8N2S. The highest BCUT2D eigenvalue weighted by Crippen LogP contribution is 2.31. The number of rotatable bonds is 1. The summed E-state index contributed by atoms with van der Waals surface area (Å²) >= 11 is 5.08. The van der Waals surface area contributed by atoms with Crippen LogP contribution in [-0.4, -0.2) is 11.2 Å². The molecule has 0 spiro atoms. The normalized spacial score (nSPS) is 20.0. The predicted molar refractivity (Wildman–Crippen MR) is 54.2 cm³/mol. The average molecular weight is 176 g/mol. The van der Waals surface area contributed by atoms with E-state index >= 15 is 0 Å². The minimum atomic E-state index is -0.0174. The summed E-state index contributed by atoms with van der Waals surface area (Å²) in [5.74, 6) is -0.0174. The van der Waals surface area contributed by atoms with Crippen LogP contribution in [-0.2, 0) is 0 Å². The molecule has 0 saturated heterocycles. The largest absolute Gasteiger partial charge is 0.349 e. The molecule has 1 atom stereocenters. The van der Waals surface area contributed by atoms with Crippen molar-refractivity contribution in [2.45, 2.75) is 5.92 Å². The van der Waals surface area contributed by atoms with E-state index in [-0.39, 0.29) is 5.92 Å². The van der Waals surface area contributed by atoms with Crippen LogP contribution in [0.25, 0.3) is 0 Å². The molecule has 1 heterocycles. The lowest BCUT2D eigenvalue weighted by Gasteiger charge is -2.00. The molecule has 2 nitrogen and oxygen atoms in total. The third kappa shape index (κ3) is 0.940. The molecule has 0 radical (unpaired) electrons. The van der Waals surface area contributed by atoms with Crippen molar-refractivity contribution in [2.24, 2.45) is 0 Å². The van der Waals surface area contributed by atoms with E-state index in [2.05, 4.69) is 5.32 Å². The number of benzene rings is 1. The SMILES string of the molecule is N=CC1C(=S)Nc2ccccc21. The highest BCUT2D eigenvalue weighted by Gasteiger charge is 2.24. The Hall–Kier alpha value is -1.22. The Labute approximate surface area is 76.1 Å². The summed E-state index contributed by atoms with van der Waals surface area (Å²) in [7, 11) is 0. The Morgan fingerprint density at radius 2 is 2.17 bits per heavy atom. The third-order valence-corrected chi connectivity index (χ3v) is 2.36. The molecule has 1 aliphatic heterocycles. The van der Waals surface area contributed by atoms with Crippen molar-refractivity contribution in [3.63, 3.8) is 0 Å². The standard InChI is InChI=1S/C9H8N2S/c10-5-7-6-3-1-2-4-8(6)11-9(7)12/h1-5,7,10H,(H,11,12). The summed E-state index contributed by atoms with van der Waals surface area (Å²) in [6.45, 7) is 0. The maximum absolute atomic E-state index is 7.21. The Kier molecular flexibility index (Phi) is 1.66. The number of fused-ring (bicyclic) bond motifs is 1. The lowest BCUT2D eigenvalue weighted by atomic mass is 10.0. The Bertz CT molecular complexity index is 346. The summed E-state index contributed by atoms with van der Waals surface area (Å²) in [5.41, 5.74) is 2.15. The molecule has 3 heteroatoms. The molecule has 60 valence electrons. The van der Waals surface area contributed by atoms with Crippen LogP contribution in [0, 0.1) is 5.41 Å². The van der Waals surface area contributed by atoms with Crippen molar-refractivity contribution in [1.29, 1.82) is 5.41 Å². The van der Waals surface area contributed by atoms with Crippen molar-refractivity contribution >= 4 is 29.1 Å². The summed E-state index contributed by atoms with van der Waals surface area (Å²) in [6.07, 6.45) is 1.38.